The largest absolute Gasteiger partial charge is 0.383 e. The van der Waals surface area contributed by atoms with Crippen LogP contribution in [0.1, 0.15) is 22.8 Å². The zero-order chi connectivity index (χ0) is 22.2. The Hall–Kier alpha value is -4.06. The van der Waals surface area contributed by atoms with E-state index in [2.05, 4.69) is 45.3 Å². The third-order valence-electron chi connectivity index (χ3n) is 5.99. The third kappa shape index (κ3) is 3.30. The minimum atomic E-state index is -0.0925. The van der Waals surface area contributed by atoms with E-state index in [1.165, 1.54) is 16.3 Å². The molecule has 3 aromatic carbocycles. The van der Waals surface area contributed by atoms with Crippen molar-refractivity contribution in [1.82, 2.24) is 14.9 Å². The van der Waals surface area contributed by atoms with Gasteiger partial charge in [-0.1, -0.05) is 36.4 Å². The van der Waals surface area contributed by atoms with E-state index in [1.807, 2.05) is 55.6 Å². The number of nitrogens with zero attached hydrogens (tertiary/aromatic N) is 2. The highest BCUT2D eigenvalue weighted by atomic mass is 16.1. The number of aryl methyl sites for hydroxylation is 1. The molecule has 0 bridgehead atoms. The molecule has 0 saturated carbocycles. The number of carbonyl (C=O) groups excluding carboxylic acids is 1. The number of hydrogen-bond acceptors (Lipinski definition) is 4. The van der Waals surface area contributed by atoms with Crippen LogP contribution in [-0.2, 0) is 13.1 Å². The van der Waals surface area contributed by atoms with Gasteiger partial charge in [-0.25, -0.2) is 4.98 Å². The summed E-state index contributed by atoms with van der Waals surface area (Å²) < 4.78 is 2.25. The number of amides is 1. The van der Waals surface area contributed by atoms with E-state index < -0.39 is 0 Å². The fourth-order valence-electron chi connectivity index (χ4n) is 4.39. The third-order valence-corrected chi connectivity index (χ3v) is 5.99. The molecule has 1 amide bonds. The zero-order valence-electron chi connectivity index (χ0n) is 18.1. The number of carbonyl (C=O) groups is 1. The quantitative estimate of drug-likeness (QED) is 0.375. The highest BCUT2D eigenvalue weighted by Gasteiger charge is 2.13. The molecule has 4 N–H and O–H groups in total. The minimum Gasteiger partial charge on any atom is -0.383 e. The number of fused-ring (bicyclic) bond motifs is 4. The molecule has 0 radical (unpaired) electrons. The first kappa shape index (κ1) is 19.9. The summed E-state index contributed by atoms with van der Waals surface area (Å²) in [7, 11) is 1.81. The van der Waals surface area contributed by atoms with E-state index in [4.69, 9.17) is 5.73 Å². The molecule has 5 rings (SSSR count). The topological polar surface area (TPSA) is 85.0 Å². The van der Waals surface area contributed by atoms with Gasteiger partial charge in [-0.3, -0.25) is 4.79 Å². The molecule has 0 aliphatic rings. The minimum absolute atomic E-state index is 0.0925. The number of nitrogens with one attached hydrogen (secondary N) is 2. The van der Waals surface area contributed by atoms with Crippen molar-refractivity contribution in [2.24, 2.45) is 0 Å². The van der Waals surface area contributed by atoms with Crippen LogP contribution < -0.4 is 16.4 Å². The lowest BCUT2D eigenvalue weighted by Crippen LogP contribution is -2.22. The van der Waals surface area contributed by atoms with Gasteiger partial charge in [0.25, 0.3) is 5.91 Å². The molecule has 160 valence electrons. The lowest BCUT2D eigenvalue weighted by molar-refractivity contribution is 0.0951. The summed E-state index contributed by atoms with van der Waals surface area (Å²) in [6.07, 6.45) is 0. The van der Waals surface area contributed by atoms with E-state index in [9.17, 15) is 4.79 Å². The maximum Gasteiger partial charge on any atom is 0.251 e. The number of pyridine rings is 1. The summed E-state index contributed by atoms with van der Waals surface area (Å²) in [5.74, 6) is 1.11. The Labute approximate surface area is 186 Å². The monoisotopic (exact) mass is 423 g/mol. The van der Waals surface area contributed by atoms with Gasteiger partial charge in [0.15, 0.2) is 0 Å². The van der Waals surface area contributed by atoms with Crippen molar-refractivity contribution in [2.45, 2.75) is 20.0 Å². The van der Waals surface area contributed by atoms with Crippen molar-refractivity contribution in [3.63, 3.8) is 0 Å². The molecule has 2 heterocycles. The van der Waals surface area contributed by atoms with Gasteiger partial charge in [0, 0.05) is 52.9 Å². The van der Waals surface area contributed by atoms with Crippen LogP contribution in [0.4, 0.5) is 11.6 Å². The first-order valence-electron chi connectivity index (χ1n) is 10.7. The molecule has 0 atom stereocenters. The predicted molar refractivity (Wildman–Crippen MR) is 132 cm³/mol. The van der Waals surface area contributed by atoms with Gasteiger partial charge in [-0.15, -0.1) is 0 Å². The van der Waals surface area contributed by atoms with Gasteiger partial charge in [0.2, 0.25) is 0 Å². The molecule has 0 aliphatic heterocycles. The maximum atomic E-state index is 12.9. The van der Waals surface area contributed by atoms with Gasteiger partial charge in [0.1, 0.15) is 11.6 Å². The van der Waals surface area contributed by atoms with E-state index in [0.717, 1.165) is 34.2 Å². The van der Waals surface area contributed by atoms with Crippen LogP contribution >= 0.6 is 0 Å². The van der Waals surface area contributed by atoms with Gasteiger partial charge in [-0.05, 0) is 48.2 Å². The van der Waals surface area contributed by atoms with Crippen molar-refractivity contribution in [3.05, 3.63) is 77.9 Å². The zero-order valence-corrected chi connectivity index (χ0v) is 18.1. The number of rotatable bonds is 5. The van der Waals surface area contributed by atoms with Gasteiger partial charge >= 0.3 is 0 Å². The number of aromatic nitrogens is 2. The molecule has 0 unspecified atom stereocenters. The Kier molecular flexibility index (Phi) is 4.90. The number of benzene rings is 3. The first-order valence-corrected chi connectivity index (χ1v) is 10.7. The average Bonchev–Trinajstić information content (AvgIpc) is 3.15. The van der Waals surface area contributed by atoms with Crippen molar-refractivity contribution >= 4 is 50.1 Å². The second-order valence-electron chi connectivity index (χ2n) is 7.87. The highest BCUT2D eigenvalue weighted by molar-refractivity contribution is 6.10. The Bertz CT molecular complexity index is 1480. The van der Waals surface area contributed by atoms with E-state index in [-0.39, 0.29) is 5.91 Å². The molecule has 6 nitrogen and oxygen atoms in total. The summed E-state index contributed by atoms with van der Waals surface area (Å²) >= 11 is 0. The Morgan fingerprint density at radius 3 is 2.56 bits per heavy atom. The number of para-hydroxylation sites is 1. The fourth-order valence-corrected chi connectivity index (χ4v) is 4.39. The maximum absolute atomic E-state index is 12.9. The number of hydrogen-bond donors (Lipinski definition) is 3. The summed E-state index contributed by atoms with van der Waals surface area (Å²) in [5.41, 5.74) is 9.98. The standard InChI is InChI=1S/C26H25N5O/c1-3-31-22-7-5-4-6-20(22)21-11-9-17(13-23(21)31)26(32)29-15-16-8-10-19-18(12-16)14-24(28-2)30-25(19)27/h4-14H,3,15H2,1-2H3,(H,29,32)(H3,27,28,30). The lowest BCUT2D eigenvalue weighted by atomic mass is 10.1. The summed E-state index contributed by atoms with van der Waals surface area (Å²) in [5, 5.41) is 10.3. The summed E-state index contributed by atoms with van der Waals surface area (Å²) in [6.45, 7) is 3.40. The van der Waals surface area contributed by atoms with Crippen molar-refractivity contribution in [2.75, 3.05) is 18.1 Å². The van der Waals surface area contributed by atoms with Gasteiger partial charge < -0.3 is 20.9 Å². The van der Waals surface area contributed by atoms with E-state index >= 15 is 0 Å². The molecule has 0 saturated heterocycles. The van der Waals surface area contributed by atoms with E-state index in [1.54, 1.807) is 0 Å². The van der Waals surface area contributed by atoms with Crippen molar-refractivity contribution in [1.29, 1.82) is 0 Å². The molecule has 32 heavy (non-hydrogen) atoms. The molecule has 5 aromatic rings. The first-order chi connectivity index (χ1) is 15.6. The lowest BCUT2D eigenvalue weighted by Gasteiger charge is -2.10. The highest BCUT2D eigenvalue weighted by Crippen LogP contribution is 2.29. The van der Waals surface area contributed by atoms with Crippen molar-refractivity contribution in [3.8, 4) is 0 Å². The normalized spacial score (nSPS) is 11.3. The molecule has 0 spiro atoms. The van der Waals surface area contributed by atoms with Crippen molar-refractivity contribution < 1.29 is 4.79 Å². The Morgan fingerprint density at radius 1 is 0.969 bits per heavy atom. The molecular weight excluding hydrogens is 398 g/mol. The molecule has 2 aromatic heterocycles. The van der Waals surface area contributed by atoms with Crippen LogP contribution in [-0.4, -0.2) is 22.5 Å². The fraction of sp³-hybridized carbons (Fsp3) is 0.154. The number of anilines is 2. The van der Waals surface area contributed by atoms with Crippen LogP contribution in [0.15, 0.2) is 66.7 Å². The van der Waals surface area contributed by atoms with Crippen LogP contribution in [0.2, 0.25) is 0 Å². The summed E-state index contributed by atoms with van der Waals surface area (Å²) in [6, 6.07) is 22.2. The van der Waals surface area contributed by atoms with Gasteiger partial charge in [-0.2, -0.15) is 0 Å². The number of nitrogens with two attached hydrogens (primary N) is 1. The van der Waals surface area contributed by atoms with E-state index in [0.29, 0.717) is 17.9 Å². The molecule has 0 aliphatic carbocycles. The average molecular weight is 424 g/mol. The van der Waals surface area contributed by atoms with Crippen LogP contribution in [0, 0.1) is 0 Å². The SMILES string of the molecule is CCn1c2ccccc2c2ccc(C(=O)NCc3ccc4c(N)nc(NC)cc4c3)cc21. The Morgan fingerprint density at radius 2 is 1.75 bits per heavy atom. The molecule has 0 fully saturated rings. The second kappa shape index (κ2) is 7.89. The molecule has 6 heteroatoms. The molecular formula is C26H25N5O. The Balaban J connectivity index is 1.42. The van der Waals surface area contributed by atoms with Gasteiger partial charge in [0.05, 0.1) is 0 Å². The predicted octanol–water partition coefficient (Wildman–Crippen LogP) is 4.92. The number of nitrogen functional groups attached to an aromatic ring is 1. The van der Waals surface area contributed by atoms with Crippen LogP contribution in [0.25, 0.3) is 32.6 Å². The summed E-state index contributed by atoms with van der Waals surface area (Å²) in [4.78, 5) is 17.2. The smallest absolute Gasteiger partial charge is 0.251 e. The van der Waals surface area contributed by atoms with Crippen LogP contribution in [0.3, 0.4) is 0 Å². The van der Waals surface area contributed by atoms with Crippen LogP contribution in [0.5, 0.6) is 0 Å². The second-order valence-corrected chi connectivity index (χ2v) is 7.87.